The highest BCUT2D eigenvalue weighted by molar-refractivity contribution is 5.95. The molecule has 3 rings (SSSR count). The lowest BCUT2D eigenvalue weighted by Gasteiger charge is -2.16. The maximum atomic E-state index is 8.66. The topological polar surface area (TPSA) is 93.6 Å². The van der Waals surface area contributed by atoms with Gasteiger partial charge in [0.15, 0.2) is 5.84 Å². The molecule has 0 unspecified atom stereocenters. The average molecular weight is 284 g/mol. The largest absolute Gasteiger partial charge is 0.424 e. The van der Waals surface area contributed by atoms with Crippen LogP contribution in [0.1, 0.15) is 29.7 Å². The summed E-state index contributed by atoms with van der Waals surface area (Å²) in [6.07, 6.45) is 6.18. The van der Waals surface area contributed by atoms with E-state index in [1.165, 1.54) is 30.2 Å². The number of aromatic nitrogens is 2. The number of rotatable bonds is 3. The van der Waals surface area contributed by atoms with Crippen LogP contribution in [0.5, 0.6) is 11.8 Å². The first-order chi connectivity index (χ1) is 10.3. The second-order valence-corrected chi connectivity index (χ2v) is 4.95. The van der Waals surface area contributed by atoms with Gasteiger partial charge in [0, 0.05) is 6.20 Å². The molecule has 21 heavy (non-hydrogen) atoms. The summed E-state index contributed by atoms with van der Waals surface area (Å²) in [5.41, 5.74) is 8.54. The Hall–Kier alpha value is -2.63. The van der Waals surface area contributed by atoms with Gasteiger partial charge in [-0.1, -0.05) is 11.2 Å². The molecule has 0 saturated carbocycles. The molecule has 3 N–H and O–H groups in total. The van der Waals surface area contributed by atoms with E-state index in [1.807, 2.05) is 12.1 Å². The van der Waals surface area contributed by atoms with Crippen molar-refractivity contribution in [1.82, 2.24) is 9.97 Å². The molecular formula is C15H16N4O2. The van der Waals surface area contributed by atoms with Crippen LogP contribution in [0.25, 0.3) is 0 Å². The molecular weight excluding hydrogens is 268 g/mol. The molecule has 0 amide bonds. The van der Waals surface area contributed by atoms with Gasteiger partial charge in [-0.3, -0.25) is 0 Å². The number of hydrogen-bond donors (Lipinski definition) is 2. The summed E-state index contributed by atoms with van der Waals surface area (Å²) in [4.78, 5) is 8.14. The molecule has 0 saturated heterocycles. The maximum absolute atomic E-state index is 8.66. The zero-order valence-corrected chi connectivity index (χ0v) is 11.5. The summed E-state index contributed by atoms with van der Waals surface area (Å²) in [5.74, 6) is 0.625. The van der Waals surface area contributed by atoms with Crippen molar-refractivity contribution >= 4 is 5.84 Å². The van der Waals surface area contributed by atoms with E-state index in [2.05, 4.69) is 21.2 Å². The number of benzene rings is 1. The predicted molar refractivity (Wildman–Crippen MR) is 77.7 cm³/mol. The molecule has 1 heterocycles. The monoisotopic (exact) mass is 284 g/mol. The van der Waals surface area contributed by atoms with Gasteiger partial charge in [-0.15, -0.1) is 0 Å². The van der Waals surface area contributed by atoms with Gasteiger partial charge in [-0.25, -0.2) is 4.98 Å². The van der Waals surface area contributed by atoms with Gasteiger partial charge in [0.05, 0.1) is 0 Å². The Kier molecular flexibility index (Phi) is 3.68. The lowest BCUT2D eigenvalue weighted by atomic mass is 9.92. The highest BCUT2D eigenvalue weighted by Crippen LogP contribution is 2.27. The van der Waals surface area contributed by atoms with E-state index in [9.17, 15) is 0 Å². The third-order valence-electron chi connectivity index (χ3n) is 3.53. The first kappa shape index (κ1) is 13.4. The van der Waals surface area contributed by atoms with Crippen LogP contribution in [0, 0.1) is 0 Å². The summed E-state index contributed by atoms with van der Waals surface area (Å²) in [6, 6.07) is 7.78. The summed E-state index contributed by atoms with van der Waals surface area (Å²) in [7, 11) is 0. The fourth-order valence-electron chi connectivity index (χ4n) is 2.46. The van der Waals surface area contributed by atoms with Gasteiger partial charge in [0.1, 0.15) is 11.4 Å². The van der Waals surface area contributed by atoms with Crippen molar-refractivity contribution in [1.29, 1.82) is 0 Å². The number of nitrogens with zero attached hydrogens (tertiary/aromatic N) is 3. The zero-order chi connectivity index (χ0) is 14.7. The molecule has 6 nitrogen and oxygen atoms in total. The summed E-state index contributed by atoms with van der Waals surface area (Å²) in [6.45, 7) is 0. The molecule has 108 valence electrons. The summed E-state index contributed by atoms with van der Waals surface area (Å²) in [5, 5.41) is 11.6. The molecule has 0 fully saturated rings. The second-order valence-electron chi connectivity index (χ2n) is 4.95. The minimum absolute atomic E-state index is 0.0762. The molecule has 2 aromatic rings. The van der Waals surface area contributed by atoms with Crippen LogP contribution in [0.4, 0.5) is 0 Å². The average Bonchev–Trinajstić information content (AvgIpc) is 2.54. The van der Waals surface area contributed by atoms with E-state index in [0.717, 1.165) is 12.8 Å². The van der Waals surface area contributed by atoms with Crippen LogP contribution >= 0.6 is 0 Å². The normalized spacial score (nSPS) is 14.6. The van der Waals surface area contributed by atoms with Gasteiger partial charge >= 0.3 is 6.01 Å². The van der Waals surface area contributed by atoms with Crippen molar-refractivity contribution in [3.63, 3.8) is 0 Å². The molecule has 1 aliphatic carbocycles. The highest BCUT2D eigenvalue weighted by Gasteiger charge is 2.11. The van der Waals surface area contributed by atoms with Crippen molar-refractivity contribution in [3.8, 4) is 11.8 Å². The Bertz CT molecular complexity index is 685. The van der Waals surface area contributed by atoms with Crippen LogP contribution < -0.4 is 10.5 Å². The predicted octanol–water partition coefficient (Wildman–Crippen LogP) is 2.24. The number of oxime groups is 1. The Morgan fingerprint density at radius 3 is 2.81 bits per heavy atom. The van der Waals surface area contributed by atoms with E-state index >= 15 is 0 Å². The molecule has 1 aliphatic rings. The fourth-order valence-corrected chi connectivity index (χ4v) is 2.46. The number of aryl methyl sites for hydroxylation is 2. The second kappa shape index (κ2) is 5.78. The third kappa shape index (κ3) is 2.94. The Morgan fingerprint density at radius 2 is 2.00 bits per heavy atom. The molecule has 0 atom stereocenters. The van der Waals surface area contributed by atoms with E-state index in [1.54, 1.807) is 6.07 Å². The SMILES string of the molecule is N/C(=N/O)c1ccnc(Oc2ccc3c(c2)CCCC3)n1. The molecule has 0 spiro atoms. The van der Waals surface area contributed by atoms with E-state index in [0.29, 0.717) is 11.4 Å². The van der Waals surface area contributed by atoms with Gasteiger partial charge in [-0.2, -0.15) is 4.98 Å². The van der Waals surface area contributed by atoms with E-state index in [4.69, 9.17) is 15.7 Å². The lowest BCUT2D eigenvalue weighted by molar-refractivity contribution is 0.318. The minimum atomic E-state index is -0.0762. The van der Waals surface area contributed by atoms with Crippen LogP contribution in [0.15, 0.2) is 35.6 Å². The van der Waals surface area contributed by atoms with Crippen molar-refractivity contribution in [2.75, 3.05) is 0 Å². The lowest BCUT2D eigenvalue weighted by Crippen LogP contribution is -2.15. The Morgan fingerprint density at radius 1 is 1.19 bits per heavy atom. The summed E-state index contributed by atoms with van der Waals surface area (Å²) < 4.78 is 5.67. The van der Waals surface area contributed by atoms with Gasteiger partial charge in [-0.05, 0) is 55.0 Å². The molecule has 1 aromatic heterocycles. The van der Waals surface area contributed by atoms with E-state index < -0.39 is 0 Å². The molecule has 0 bridgehead atoms. The molecule has 0 aliphatic heterocycles. The Balaban J connectivity index is 1.83. The standard InChI is InChI=1S/C15H16N4O2/c16-14(19-20)13-7-8-17-15(18-13)21-12-6-5-10-3-1-2-4-11(10)9-12/h5-9,20H,1-4H2,(H2,16,19). The van der Waals surface area contributed by atoms with Crippen molar-refractivity contribution in [2.45, 2.75) is 25.7 Å². The smallest absolute Gasteiger partial charge is 0.322 e. The fraction of sp³-hybridized carbons (Fsp3) is 0.267. The Labute approximate surface area is 122 Å². The number of nitrogens with two attached hydrogens (primary N) is 1. The maximum Gasteiger partial charge on any atom is 0.322 e. The molecule has 6 heteroatoms. The van der Waals surface area contributed by atoms with Crippen LogP contribution in [-0.4, -0.2) is 21.0 Å². The van der Waals surface area contributed by atoms with Crippen LogP contribution in [0.3, 0.4) is 0 Å². The number of ether oxygens (including phenoxy) is 1. The van der Waals surface area contributed by atoms with Crippen molar-refractivity contribution in [2.24, 2.45) is 10.9 Å². The minimum Gasteiger partial charge on any atom is -0.424 e. The first-order valence-electron chi connectivity index (χ1n) is 6.87. The van der Waals surface area contributed by atoms with Gasteiger partial charge < -0.3 is 15.7 Å². The quantitative estimate of drug-likeness (QED) is 0.390. The van der Waals surface area contributed by atoms with Crippen LogP contribution in [-0.2, 0) is 12.8 Å². The third-order valence-corrected chi connectivity index (χ3v) is 3.53. The highest BCUT2D eigenvalue weighted by atomic mass is 16.5. The molecule has 0 radical (unpaired) electrons. The first-order valence-corrected chi connectivity index (χ1v) is 6.87. The number of amidine groups is 1. The van der Waals surface area contributed by atoms with Crippen molar-refractivity contribution in [3.05, 3.63) is 47.3 Å². The summed E-state index contributed by atoms with van der Waals surface area (Å²) >= 11 is 0. The van der Waals surface area contributed by atoms with E-state index in [-0.39, 0.29) is 11.8 Å². The number of hydrogen-bond acceptors (Lipinski definition) is 5. The van der Waals surface area contributed by atoms with Crippen LogP contribution in [0.2, 0.25) is 0 Å². The molecule has 1 aromatic carbocycles. The van der Waals surface area contributed by atoms with Crippen molar-refractivity contribution < 1.29 is 9.94 Å². The zero-order valence-electron chi connectivity index (χ0n) is 11.5. The van der Waals surface area contributed by atoms with Gasteiger partial charge in [0.2, 0.25) is 0 Å². The number of fused-ring (bicyclic) bond motifs is 1. The van der Waals surface area contributed by atoms with Gasteiger partial charge in [0.25, 0.3) is 0 Å².